The van der Waals surface area contributed by atoms with E-state index in [1.165, 1.54) is 5.56 Å². The number of aliphatic imine (C=N–C) groups is 1. The molecule has 7 heteroatoms. The van der Waals surface area contributed by atoms with Crippen LogP contribution in [0.25, 0.3) is 0 Å². The highest BCUT2D eigenvalue weighted by Gasteiger charge is 2.27. The van der Waals surface area contributed by atoms with E-state index in [2.05, 4.69) is 27.3 Å². The number of hydrogen-bond donors (Lipinski definition) is 1. The Hall–Kier alpha value is -3.09. The molecule has 0 saturated carbocycles. The number of likely N-dealkylation sites (tertiary alicyclic amines) is 1. The summed E-state index contributed by atoms with van der Waals surface area (Å²) in [6.07, 6.45) is 0.999. The van der Waals surface area contributed by atoms with Crippen molar-refractivity contribution >= 4 is 5.96 Å². The topological polar surface area (TPSA) is 64.6 Å². The van der Waals surface area contributed by atoms with Gasteiger partial charge in [0.25, 0.3) is 0 Å². The molecule has 0 spiro atoms. The molecule has 1 aliphatic rings. The van der Waals surface area contributed by atoms with Crippen LogP contribution in [0, 0.1) is 0 Å². The quantitative estimate of drug-likeness (QED) is 0.514. The number of ether oxygens (including phenoxy) is 4. The average molecular weight is 428 g/mol. The normalized spacial score (nSPS) is 17.3. The second-order valence-electron chi connectivity index (χ2n) is 7.59. The molecule has 1 aliphatic heterocycles. The van der Waals surface area contributed by atoms with Gasteiger partial charge in [0.1, 0.15) is 17.6 Å². The smallest absolute Gasteiger partial charge is 0.193 e. The average Bonchev–Trinajstić information content (AvgIpc) is 3.29. The molecule has 2 aromatic carbocycles. The van der Waals surface area contributed by atoms with Crippen LogP contribution in [0.1, 0.15) is 24.8 Å². The minimum absolute atomic E-state index is 0.0471. The fourth-order valence-corrected chi connectivity index (χ4v) is 3.83. The Morgan fingerprint density at radius 3 is 2.35 bits per heavy atom. The van der Waals surface area contributed by atoms with Gasteiger partial charge in [-0.3, -0.25) is 4.99 Å². The number of methoxy groups -OCH3 is 3. The highest BCUT2D eigenvalue weighted by atomic mass is 16.5. The number of nitrogens with one attached hydrogen (secondary N) is 1. The molecule has 1 fully saturated rings. The summed E-state index contributed by atoms with van der Waals surface area (Å²) in [5.41, 5.74) is 1.22. The van der Waals surface area contributed by atoms with E-state index in [9.17, 15) is 0 Å². The molecular formula is C24H33N3O4. The summed E-state index contributed by atoms with van der Waals surface area (Å²) >= 11 is 0. The molecular weight excluding hydrogens is 394 g/mol. The Balaban J connectivity index is 1.57. The molecule has 0 radical (unpaired) electrons. The summed E-state index contributed by atoms with van der Waals surface area (Å²) < 4.78 is 22.3. The van der Waals surface area contributed by atoms with Crippen LogP contribution in [0.3, 0.4) is 0 Å². The van der Waals surface area contributed by atoms with Crippen LogP contribution < -0.4 is 24.3 Å². The van der Waals surface area contributed by atoms with E-state index >= 15 is 0 Å². The number of rotatable bonds is 8. The Morgan fingerprint density at radius 1 is 1.06 bits per heavy atom. The van der Waals surface area contributed by atoms with Crippen LogP contribution >= 0.6 is 0 Å². The lowest BCUT2D eigenvalue weighted by molar-refractivity contribution is 0.212. The lowest BCUT2D eigenvalue weighted by Crippen LogP contribution is -2.43. The van der Waals surface area contributed by atoms with E-state index in [0.717, 1.165) is 48.5 Å². The van der Waals surface area contributed by atoms with Crippen LogP contribution in [-0.2, 0) is 0 Å². The number of para-hydroxylation sites is 2. The summed E-state index contributed by atoms with van der Waals surface area (Å²) in [7, 11) is 6.82. The lowest BCUT2D eigenvalue weighted by atomic mass is 9.98. The Kier molecular flexibility index (Phi) is 7.87. The Morgan fingerprint density at radius 2 is 1.74 bits per heavy atom. The predicted octanol–water partition coefficient (Wildman–Crippen LogP) is 3.54. The van der Waals surface area contributed by atoms with Crippen molar-refractivity contribution in [2.24, 2.45) is 4.99 Å². The molecule has 0 amide bonds. The van der Waals surface area contributed by atoms with E-state index in [1.54, 1.807) is 21.3 Å². The van der Waals surface area contributed by atoms with Crippen molar-refractivity contribution in [1.82, 2.24) is 10.2 Å². The molecule has 168 valence electrons. The largest absolute Gasteiger partial charge is 0.497 e. The summed E-state index contributed by atoms with van der Waals surface area (Å²) in [6, 6.07) is 13.8. The first-order chi connectivity index (χ1) is 15.1. The zero-order chi connectivity index (χ0) is 22.2. The van der Waals surface area contributed by atoms with Gasteiger partial charge >= 0.3 is 0 Å². The van der Waals surface area contributed by atoms with E-state index in [1.807, 2.05) is 44.3 Å². The summed E-state index contributed by atoms with van der Waals surface area (Å²) in [6.45, 7) is 4.49. The second kappa shape index (κ2) is 10.8. The maximum absolute atomic E-state index is 6.05. The van der Waals surface area contributed by atoms with Gasteiger partial charge in [0, 0.05) is 32.1 Å². The molecule has 1 saturated heterocycles. The molecule has 0 bridgehead atoms. The number of nitrogens with zero attached hydrogens (tertiary/aromatic N) is 2. The fourth-order valence-electron chi connectivity index (χ4n) is 3.83. The standard InChI is InChI=1S/C24H33N3O4/c1-17(31-23-9-7-6-8-22(23)30-5)15-26-24(25-2)27-11-10-18(16-27)19-12-20(28-3)14-21(13-19)29-4/h6-9,12-14,17-18H,10-11,15-16H2,1-5H3,(H,25,26). The number of guanidine groups is 1. The molecule has 2 aromatic rings. The third-order valence-corrected chi connectivity index (χ3v) is 5.49. The third-order valence-electron chi connectivity index (χ3n) is 5.49. The minimum Gasteiger partial charge on any atom is -0.497 e. The fraction of sp³-hybridized carbons (Fsp3) is 0.458. The van der Waals surface area contributed by atoms with Crippen LogP contribution in [0.5, 0.6) is 23.0 Å². The van der Waals surface area contributed by atoms with Crippen LogP contribution in [-0.4, -0.2) is 65.0 Å². The highest BCUT2D eigenvalue weighted by Crippen LogP contribution is 2.33. The first-order valence-electron chi connectivity index (χ1n) is 10.6. The molecule has 31 heavy (non-hydrogen) atoms. The van der Waals surface area contributed by atoms with Gasteiger partial charge in [0.15, 0.2) is 17.5 Å². The van der Waals surface area contributed by atoms with Crippen molar-refractivity contribution in [3.05, 3.63) is 48.0 Å². The zero-order valence-electron chi connectivity index (χ0n) is 19.1. The SMILES string of the molecule is CN=C(NCC(C)Oc1ccccc1OC)N1CCC(c2cc(OC)cc(OC)c2)C1. The monoisotopic (exact) mass is 427 g/mol. The van der Waals surface area contributed by atoms with Crippen molar-refractivity contribution in [3.63, 3.8) is 0 Å². The van der Waals surface area contributed by atoms with Crippen molar-refractivity contribution < 1.29 is 18.9 Å². The molecule has 1 heterocycles. The van der Waals surface area contributed by atoms with Crippen molar-refractivity contribution in [2.45, 2.75) is 25.4 Å². The first-order valence-corrected chi connectivity index (χ1v) is 10.6. The molecule has 2 unspecified atom stereocenters. The maximum atomic E-state index is 6.05. The van der Waals surface area contributed by atoms with Gasteiger partial charge in [-0.15, -0.1) is 0 Å². The van der Waals surface area contributed by atoms with Gasteiger partial charge < -0.3 is 29.2 Å². The number of hydrogen-bond acceptors (Lipinski definition) is 5. The summed E-state index contributed by atoms with van der Waals surface area (Å²) in [5, 5.41) is 3.45. The van der Waals surface area contributed by atoms with Crippen LogP contribution in [0.4, 0.5) is 0 Å². The van der Waals surface area contributed by atoms with Gasteiger partial charge in [-0.05, 0) is 43.2 Å². The van der Waals surface area contributed by atoms with Gasteiger partial charge in [0.05, 0.1) is 27.9 Å². The predicted molar refractivity (Wildman–Crippen MR) is 123 cm³/mol. The van der Waals surface area contributed by atoms with Crippen molar-refractivity contribution in [2.75, 3.05) is 48.0 Å². The summed E-state index contributed by atoms with van der Waals surface area (Å²) in [4.78, 5) is 6.76. The van der Waals surface area contributed by atoms with Gasteiger partial charge in [0.2, 0.25) is 0 Å². The Bertz CT molecular complexity index is 865. The summed E-state index contributed by atoms with van der Waals surface area (Å²) in [5.74, 6) is 4.38. The first kappa shape index (κ1) is 22.6. The van der Waals surface area contributed by atoms with Crippen LogP contribution in [0.15, 0.2) is 47.5 Å². The van der Waals surface area contributed by atoms with Gasteiger partial charge in [-0.25, -0.2) is 0 Å². The number of benzene rings is 2. The van der Waals surface area contributed by atoms with Gasteiger partial charge in [-0.2, -0.15) is 0 Å². The zero-order valence-corrected chi connectivity index (χ0v) is 19.1. The molecule has 0 aliphatic carbocycles. The molecule has 7 nitrogen and oxygen atoms in total. The second-order valence-corrected chi connectivity index (χ2v) is 7.59. The maximum Gasteiger partial charge on any atom is 0.193 e. The Labute approximate surface area is 185 Å². The molecule has 3 rings (SSSR count). The van der Waals surface area contributed by atoms with Gasteiger partial charge in [-0.1, -0.05) is 12.1 Å². The minimum atomic E-state index is -0.0471. The van der Waals surface area contributed by atoms with Crippen molar-refractivity contribution in [1.29, 1.82) is 0 Å². The van der Waals surface area contributed by atoms with Crippen LogP contribution in [0.2, 0.25) is 0 Å². The molecule has 1 N–H and O–H groups in total. The lowest BCUT2D eigenvalue weighted by Gasteiger charge is -2.24. The molecule has 0 aromatic heterocycles. The third kappa shape index (κ3) is 5.75. The van der Waals surface area contributed by atoms with Crippen molar-refractivity contribution in [3.8, 4) is 23.0 Å². The highest BCUT2D eigenvalue weighted by molar-refractivity contribution is 5.80. The van der Waals surface area contributed by atoms with E-state index in [4.69, 9.17) is 18.9 Å². The van der Waals surface area contributed by atoms with E-state index in [0.29, 0.717) is 12.5 Å². The van der Waals surface area contributed by atoms with E-state index < -0.39 is 0 Å². The van der Waals surface area contributed by atoms with E-state index in [-0.39, 0.29) is 6.10 Å². The molecule has 2 atom stereocenters.